The molecule has 0 bridgehead atoms. The number of aryl methyl sites for hydroxylation is 3. The zero-order valence-electron chi connectivity index (χ0n) is 16.6. The Hall–Kier alpha value is -2.10. The van der Waals surface area contributed by atoms with Gasteiger partial charge in [-0.3, -0.25) is 9.52 Å². The largest absolute Gasteiger partial charge is 0.322 e. The van der Waals surface area contributed by atoms with E-state index < -0.39 is 15.9 Å². The average molecular weight is 555 g/mol. The second kappa shape index (κ2) is 8.95. The molecule has 0 aliphatic carbocycles. The monoisotopic (exact) mass is 554 g/mol. The van der Waals surface area contributed by atoms with Gasteiger partial charge in [-0.25, -0.2) is 8.42 Å². The van der Waals surface area contributed by atoms with Crippen LogP contribution in [-0.4, -0.2) is 14.3 Å². The molecular formula is C22H20ClIN2O3S. The summed E-state index contributed by atoms with van der Waals surface area (Å²) in [7, 11) is -3.98. The SMILES string of the molecule is Cc1ccc(NS(=O)(=O)c2cc(C(=O)Nc3ccc(I)cc3C)ccc2Cl)cc1C. The van der Waals surface area contributed by atoms with E-state index >= 15 is 0 Å². The third-order valence-electron chi connectivity index (χ3n) is 4.68. The van der Waals surface area contributed by atoms with Gasteiger partial charge in [-0.15, -0.1) is 0 Å². The van der Waals surface area contributed by atoms with Crippen molar-refractivity contribution in [2.45, 2.75) is 25.7 Å². The smallest absolute Gasteiger partial charge is 0.263 e. The maximum Gasteiger partial charge on any atom is 0.263 e. The van der Waals surface area contributed by atoms with Gasteiger partial charge < -0.3 is 5.32 Å². The van der Waals surface area contributed by atoms with Crippen molar-refractivity contribution in [3.8, 4) is 0 Å². The molecule has 0 spiro atoms. The van der Waals surface area contributed by atoms with Crippen LogP contribution in [0.15, 0.2) is 59.5 Å². The predicted octanol–water partition coefficient (Wildman–Crippen LogP) is 5.92. The van der Waals surface area contributed by atoms with E-state index in [9.17, 15) is 13.2 Å². The van der Waals surface area contributed by atoms with E-state index in [1.807, 2.05) is 45.0 Å². The lowest BCUT2D eigenvalue weighted by molar-refractivity contribution is 0.102. The number of carbonyl (C=O) groups is 1. The fraction of sp³-hybridized carbons (Fsp3) is 0.136. The van der Waals surface area contributed by atoms with Gasteiger partial charge >= 0.3 is 0 Å². The number of nitrogens with one attached hydrogen (secondary N) is 2. The Bertz CT molecular complexity index is 1240. The van der Waals surface area contributed by atoms with Crippen molar-refractivity contribution in [3.05, 3.63) is 85.4 Å². The van der Waals surface area contributed by atoms with Crippen LogP contribution < -0.4 is 10.0 Å². The van der Waals surface area contributed by atoms with Crippen molar-refractivity contribution in [1.82, 2.24) is 0 Å². The Morgan fingerprint density at radius 1 is 0.900 bits per heavy atom. The second-order valence-corrected chi connectivity index (χ2v) is 10.3. The van der Waals surface area contributed by atoms with Crippen molar-refractivity contribution in [3.63, 3.8) is 0 Å². The summed E-state index contributed by atoms with van der Waals surface area (Å²) >= 11 is 8.35. The first kappa shape index (κ1) is 22.6. The highest BCUT2D eigenvalue weighted by Crippen LogP contribution is 2.27. The molecule has 0 saturated heterocycles. The van der Waals surface area contributed by atoms with Crippen LogP contribution in [0.4, 0.5) is 11.4 Å². The molecule has 0 saturated carbocycles. The first-order valence-corrected chi connectivity index (χ1v) is 12.0. The molecule has 8 heteroatoms. The number of hydrogen-bond donors (Lipinski definition) is 2. The maximum absolute atomic E-state index is 12.9. The van der Waals surface area contributed by atoms with Crippen molar-refractivity contribution < 1.29 is 13.2 Å². The van der Waals surface area contributed by atoms with E-state index in [-0.39, 0.29) is 15.5 Å². The van der Waals surface area contributed by atoms with Gasteiger partial charge in [-0.05, 0) is 109 Å². The van der Waals surface area contributed by atoms with Crippen molar-refractivity contribution >= 4 is 61.5 Å². The predicted molar refractivity (Wildman–Crippen MR) is 130 cm³/mol. The molecular weight excluding hydrogens is 535 g/mol. The molecule has 0 unspecified atom stereocenters. The summed E-state index contributed by atoms with van der Waals surface area (Å²) in [5, 5.41) is 2.85. The number of amides is 1. The molecule has 0 heterocycles. The van der Waals surface area contributed by atoms with Crippen molar-refractivity contribution in [1.29, 1.82) is 0 Å². The van der Waals surface area contributed by atoms with E-state index in [1.165, 1.54) is 18.2 Å². The Morgan fingerprint density at radius 2 is 1.63 bits per heavy atom. The third-order valence-corrected chi connectivity index (χ3v) is 7.21. The van der Waals surface area contributed by atoms with E-state index in [4.69, 9.17) is 11.6 Å². The van der Waals surface area contributed by atoms with Crippen LogP contribution in [0.3, 0.4) is 0 Å². The molecule has 2 N–H and O–H groups in total. The summed E-state index contributed by atoms with van der Waals surface area (Å²) in [5.41, 5.74) is 4.21. The van der Waals surface area contributed by atoms with Gasteiger partial charge in [-0.1, -0.05) is 17.7 Å². The lowest BCUT2D eigenvalue weighted by Crippen LogP contribution is -2.17. The van der Waals surface area contributed by atoms with Crippen LogP contribution in [0, 0.1) is 24.3 Å². The standard InChI is InChI=1S/C22H20ClIN2O3S/c1-13-4-7-18(11-14(13)2)26-30(28,29)21-12-16(5-8-19(21)23)22(27)25-20-9-6-17(24)10-15(20)3/h4-12,26H,1-3H3,(H,25,27). The number of halogens is 2. The molecule has 0 aliphatic rings. The van der Waals surface area contributed by atoms with E-state index in [2.05, 4.69) is 32.6 Å². The Labute approximate surface area is 195 Å². The van der Waals surface area contributed by atoms with Crippen molar-refractivity contribution in [2.24, 2.45) is 0 Å². The second-order valence-electron chi connectivity index (χ2n) is 6.96. The molecule has 3 rings (SSSR count). The zero-order chi connectivity index (χ0) is 22.1. The maximum atomic E-state index is 12.9. The van der Waals surface area contributed by atoms with Gasteiger partial charge in [0.2, 0.25) is 0 Å². The van der Waals surface area contributed by atoms with Gasteiger partial charge in [0, 0.05) is 20.5 Å². The highest BCUT2D eigenvalue weighted by molar-refractivity contribution is 14.1. The number of hydrogen-bond acceptors (Lipinski definition) is 3. The van der Waals surface area contributed by atoms with Crippen LogP contribution in [0.5, 0.6) is 0 Å². The van der Waals surface area contributed by atoms with E-state index in [0.29, 0.717) is 11.4 Å². The topological polar surface area (TPSA) is 75.3 Å². The average Bonchev–Trinajstić information content (AvgIpc) is 2.67. The number of anilines is 2. The van der Waals surface area contributed by atoms with Gasteiger partial charge in [0.15, 0.2) is 0 Å². The first-order chi connectivity index (χ1) is 14.1. The number of carbonyl (C=O) groups excluding carboxylic acids is 1. The number of benzene rings is 3. The highest BCUT2D eigenvalue weighted by Gasteiger charge is 2.21. The highest BCUT2D eigenvalue weighted by atomic mass is 127. The van der Waals surface area contributed by atoms with E-state index in [1.54, 1.807) is 12.1 Å². The van der Waals surface area contributed by atoms with Crippen molar-refractivity contribution in [2.75, 3.05) is 10.0 Å². The van der Waals surface area contributed by atoms with Gasteiger partial charge in [-0.2, -0.15) is 0 Å². The summed E-state index contributed by atoms with van der Waals surface area (Å²) in [4.78, 5) is 12.6. The van der Waals surface area contributed by atoms with Gasteiger partial charge in [0.1, 0.15) is 4.90 Å². The Balaban J connectivity index is 1.89. The Morgan fingerprint density at radius 3 is 2.30 bits per heavy atom. The minimum absolute atomic E-state index is 0.0355. The van der Waals surface area contributed by atoms with E-state index in [0.717, 1.165) is 20.3 Å². The molecule has 0 fully saturated rings. The van der Waals surface area contributed by atoms with Crippen LogP contribution in [-0.2, 0) is 10.0 Å². The molecule has 5 nitrogen and oxygen atoms in total. The summed E-state index contributed by atoms with van der Waals surface area (Å²) in [6, 6.07) is 15.1. The fourth-order valence-electron chi connectivity index (χ4n) is 2.83. The fourth-order valence-corrected chi connectivity index (χ4v) is 5.05. The minimum Gasteiger partial charge on any atom is -0.322 e. The molecule has 156 valence electrons. The summed E-state index contributed by atoms with van der Waals surface area (Å²) in [6.45, 7) is 5.74. The molecule has 3 aromatic rings. The van der Waals surface area contributed by atoms with Crippen LogP contribution in [0.25, 0.3) is 0 Å². The molecule has 0 radical (unpaired) electrons. The molecule has 0 aliphatic heterocycles. The summed E-state index contributed by atoms with van der Waals surface area (Å²) < 4.78 is 29.4. The van der Waals surface area contributed by atoms with Gasteiger partial charge in [0.25, 0.3) is 15.9 Å². The normalized spacial score (nSPS) is 11.2. The zero-order valence-corrected chi connectivity index (χ0v) is 20.3. The quantitative estimate of drug-likeness (QED) is 0.384. The lowest BCUT2D eigenvalue weighted by Gasteiger charge is -2.13. The molecule has 1 amide bonds. The van der Waals surface area contributed by atoms with Crippen LogP contribution >= 0.6 is 34.2 Å². The molecule has 0 atom stereocenters. The third kappa shape index (κ3) is 5.14. The van der Waals surface area contributed by atoms with Crippen LogP contribution in [0.1, 0.15) is 27.0 Å². The lowest BCUT2D eigenvalue weighted by atomic mass is 10.1. The minimum atomic E-state index is -3.98. The van der Waals surface area contributed by atoms with Gasteiger partial charge in [0.05, 0.1) is 5.02 Å². The molecule has 0 aromatic heterocycles. The Kier molecular flexibility index (Phi) is 6.74. The molecule has 30 heavy (non-hydrogen) atoms. The number of rotatable bonds is 5. The number of sulfonamides is 1. The summed E-state index contributed by atoms with van der Waals surface area (Å²) in [6.07, 6.45) is 0. The first-order valence-electron chi connectivity index (χ1n) is 9.04. The molecule has 3 aromatic carbocycles. The summed E-state index contributed by atoms with van der Waals surface area (Å²) in [5.74, 6) is -0.418. The van der Waals surface area contributed by atoms with Crippen LogP contribution in [0.2, 0.25) is 5.02 Å².